The Kier molecular flexibility index (Phi) is 4.03. The molecule has 0 aliphatic carbocycles. The summed E-state index contributed by atoms with van der Waals surface area (Å²) in [6.45, 7) is 0. The molecule has 0 saturated heterocycles. The van der Waals surface area contributed by atoms with Gasteiger partial charge in [0.25, 0.3) is 6.43 Å². The Bertz CT molecular complexity index is 464. The van der Waals surface area contributed by atoms with E-state index >= 15 is 0 Å². The Morgan fingerprint density at radius 2 is 2.00 bits per heavy atom. The number of nitrogens with zero attached hydrogens (tertiary/aromatic N) is 2. The molecule has 0 atom stereocenters. The molecule has 0 unspecified atom stereocenters. The van der Waals surface area contributed by atoms with Gasteiger partial charge in [-0.15, -0.1) is 0 Å². The van der Waals surface area contributed by atoms with Crippen LogP contribution in [0.2, 0.25) is 0 Å². The van der Waals surface area contributed by atoms with Gasteiger partial charge in [0.15, 0.2) is 5.69 Å². The monoisotopic (exact) mass is 314 g/mol. The third kappa shape index (κ3) is 2.91. The lowest BCUT2D eigenvalue weighted by atomic mass is 10.1. The van der Waals surface area contributed by atoms with E-state index < -0.39 is 28.3 Å². The number of nitriles is 1. The van der Waals surface area contributed by atoms with Gasteiger partial charge in [-0.25, -0.2) is 8.78 Å². The van der Waals surface area contributed by atoms with Crippen molar-refractivity contribution >= 4 is 15.9 Å². The molecular weight excluding hydrogens is 311 g/mol. The molecule has 2 nitrogen and oxygen atoms in total. The van der Waals surface area contributed by atoms with Gasteiger partial charge in [0, 0.05) is 10.7 Å². The Labute approximate surface area is 101 Å². The van der Waals surface area contributed by atoms with Crippen molar-refractivity contribution in [3.63, 3.8) is 0 Å². The highest BCUT2D eigenvalue weighted by molar-refractivity contribution is 9.10. The van der Waals surface area contributed by atoms with Crippen LogP contribution in [-0.4, -0.2) is 4.98 Å². The maximum absolute atomic E-state index is 12.6. The van der Waals surface area contributed by atoms with E-state index in [4.69, 9.17) is 5.26 Å². The van der Waals surface area contributed by atoms with Crippen LogP contribution in [0.25, 0.3) is 0 Å². The average Bonchev–Trinajstić information content (AvgIpc) is 2.18. The Morgan fingerprint density at radius 3 is 2.41 bits per heavy atom. The molecule has 0 aliphatic heterocycles. The molecule has 0 amide bonds. The van der Waals surface area contributed by atoms with Gasteiger partial charge in [-0.05, 0) is 21.5 Å². The highest BCUT2D eigenvalue weighted by Gasteiger charge is 2.39. The van der Waals surface area contributed by atoms with E-state index in [1.165, 1.54) is 0 Å². The lowest BCUT2D eigenvalue weighted by molar-refractivity contribution is -0.143. The Morgan fingerprint density at radius 1 is 1.41 bits per heavy atom. The van der Waals surface area contributed by atoms with E-state index in [9.17, 15) is 22.0 Å². The molecule has 0 N–H and O–H groups in total. The summed E-state index contributed by atoms with van der Waals surface area (Å²) in [5, 5.41) is 8.39. The van der Waals surface area contributed by atoms with Gasteiger partial charge in [0.05, 0.1) is 18.1 Å². The molecule has 1 aromatic heterocycles. The first-order chi connectivity index (χ1) is 7.79. The van der Waals surface area contributed by atoms with Crippen molar-refractivity contribution in [2.75, 3.05) is 0 Å². The van der Waals surface area contributed by atoms with E-state index in [1.807, 2.05) is 0 Å². The number of hydrogen-bond acceptors (Lipinski definition) is 2. The lowest BCUT2D eigenvalue weighted by Crippen LogP contribution is -2.14. The second-order valence-corrected chi connectivity index (χ2v) is 3.79. The zero-order valence-electron chi connectivity index (χ0n) is 8.02. The van der Waals surface area contributed by atoms with E-state index in [2.05, 4.69) is 20.9 Å². The zero-order valence-corrected chi connectivity index (χ0v) is 9.61. The minimum absolute atomic E-state index is 0.00389. The van der Waals surface area contributed by atoms with Crippen LogP contribution in [0.1, 0.15) is 23.2 Å². The first-order valence-electron chi connectivity index (χ1n) is 4.18. The predicted molar refractivity (Wildman–Crippen MR) is 51.2 cm³/mol. The quantitative estimate of drug-likeness (QED) is 0.777. The Balaban J connectivity index is 3.46. The summed E-state index contributed by atoms with van der Waals surface area (Å²) < 4.78 is 62.0. The fourth-order valence-electron chi connectivity index (χ4n) is 1.18. The maximum atomic E-state index is 12.6. The molecule has 0 spiro atoms. The van der Waals surface area contributed by atoms with E-state index in [0.29, 0.717) is 0 Å². The fraction of sp³-hybridized carbons (Fsp3) is 0.333. The second kappa shape index (κ2) is 4.96. The van der Waals surface area contributed by atoms with Crippen molar-refractivity contribution in [2.45, 2.75) is 19.0 Å². The van der Waals surface area contributed by atoms with Crippen molar-refractivity contribution in [3.8, 4) is 6.07 Å². The number of hydrogen-bond donors (Lipinski definition) is 0. The number of aromatic nitrogens is 1. The van der Waals surface area contributed by atoms with Crippen LogP contribution >= 0.6 is 15.9 Å². The number of rotatable bonds is 2. The molecule has 0 saturated carbocycles. The summed E-state index contributed by atoms with van der Waals surface area (Å²) in [5.74, 6) is 0. The van der Waals surface area contributed by atoms with Gasteiger partial charge in [0.1, 0.15) is 0 Å². The van der Waals surface area contributed by atoms with Gasteiger partial charge >= 0.3 is 6.18 Å². The molecule has 17 heavy (non-hydrogen) atoms. The maximum Gasteiger partial charge on any atom is 0.433 e. The minimum Gasteiger partial charge on any atom is -0.251 e. The predicted octanol–water partition coefficient (Wildman–Crippen LogP) is 3.87. The molecule has 0 radical (unpaired) electrons. The van der Waals surface area contributed by atoms with Crippen LogP contribution in [0.15, 0.2) is 10.7 Å². The largest absolute Gasteiger partial charge is 0.433 e. The molecule has 0 bridgehead atoms. The van der Waals surface area contributed by atoms with Crippen molar-refractivity contribution in [2.24, 2.45) is 0 Å². The first-order valence-corrected chi connectivity index (χ1v) is 4.98. The first kappa shape index (κ1) is 13.8. The SMILES string of the molecule is N#CCc1cnc(C(F)(F)F)c(C(F)F)c1Br. The van der Waals surface area contributed by atoms with Crippen LogP contribution in [0, 0.1) is 11.3 Å². The van der Waals surface area contributed by atoms with Crippen molar-refractivity contribution in [1.82, 2.24) is 4.98 Å². The molecular formula is C9H4BrF5N2. The summed E-state index contributed by atoms with van der Waals surface area (Å²) in [6.07, 6.45) is -7.82. The van der Waals surface area contributed by atoms with Crippen LogP contribution in [0.5, 0.6) is 0 Å². The topological polar surface area (TPSA) is 36.7 Å². The molecule has 0 aliphatic rings. The highest BCUT2D eigenvalue weighted by atomic mass is 79.9. The summed E-state index contributed by atoms with van der Waals surface area (Å²) in [7, 11) is 0. The molecule has 1 aromatic rings. The summed E-state index contributed by atoms with van der Waals surface area (Å²) in [6, 6.07) is 1.65. The number of halogens is 6. The third-order valence-corrected chi connectivity index (χ3v) is 2.82. The summed E-state index contributed by atoms with van der Waals surface area (Å²) in [4.78, 5) is 2.96. The van der Waals surface area contributed by atoms with Crippen molar-refractivity contribution < 1.29 is 22.0 Å². The third-order valence-electron chi connectivity index (χ3n) is 1.88. The molecule has 1 heterocycles. The van der Waals surface area contributed by atoms with Crippen LogP contribution in [0.3, 0.4) is 0 Å². The second-order valence-electron chi connectivity index (χ2n) is 2.99. The molecule has 92 valence electrons. The minimum atomic E-state index is -4.96. The molecule has 8 heteroatoms. The van der Waals surface area contributed by atoms with Gasteiger partial charge in [-0.1, -0.05) is 0 Å². The number of pyridine rings is 1. The smallest absolute Gasteiger partial charge is 0.251 e. The van der Waals surface area contributed by atoms with Gasteiger partial charge in [-0.3, -0.25) is 4.98 Å². The van der Waals surface area contributed by atoms with Gasteiger partial charge in [0.2, 0.25) is 0 Å². The standard InChI is InChI=1S/C9H4BrF5N2/c10-6-4(1-2-16)3-17-7(9(13,14)15)5(6)8(11)12/h3,8H,1H2. The molecule has 1 rings (SSSR count). The normalized spacial score (nSPS) is 11.6. The van der Waals surface area contributed by atoms with Crippen LogP contribution in [-0.2, 0) is 12.6 Å². The van der Waals surface area contributed by atoms with E-state index in [-0.39, 0.29) is 12.0 Å². The van der Waals surface area contributed by atoms with Crippen LogP contribution in [0.4, 0.5) is 22.0 Å². The lowest BCUT2D eigenvalue weighted by Gasteiger charge is -2.14. The summed E-state index contributed by atoms with van der Waals surface area (Å²) >= 11 is 2.66. The van der Waals surface area contributed by atoms with Crippen molar-refractivity contribution in [1.29, 1.82) is 5.26 Å². The van der Waals surface area contributed by atoms with Crippen molar-refractivity contribution in [3.05, 3.63) is 27.5 Å². The highest BCUT2D eigenvalue weighted by Crippen LogP contribution is 2.39. The van der Waals surface area contributed by atoms with E-state index in [0.717, 1.165) is 6.20 Å². The zero-order chi connectivity index (χ0) is 13.2. The molecule has 0 aromatic carbocycles. The van der Waals surface area contributed by atoms with Crippen LogP contribution < -0.4 is 0 Å². The van der Waals surface area contributed by atoms with E-state index in [1.54, 1.807) is 6.07 Å². The fourth-order valence-corrected chi connectivity index (χ4v) is 1.78. The molecule has 0 fully saturated rings. The van der Waals surface area contributed by atoms with Gasteiger partial charge < -0.3 is 0 Å². The van der Waals surface area contributed by atoms with Gasteiger partial charge in [-0.2, -0.15) is 18.4 Å². The Hall–Kier alpha value is -1.23. The summed E-state index contributed by atoms with van der Waals surface area (Å²) in [5.41, 5.74) is -2.87. The average molecular weight is 315 g/mol. The number of alkyl halides is 5.